The van der Waals surface area contributed by atoms with Crippen molar-refractivity contribution in [2.45, 2.75) is 20.3 Å². The molecule has 0 spiro atoms. The monoisotopic (exact) mass is 328 g/mol. The molecule has 1 heterocycles. The standard InChI is InChI=1S/C15H18ClFN2O3/c1-8-3-10(14(20)21)7-19(6-8)15(22)18-13-4-9(2)12(17)5-11(13)16/h4-5,8,10H,3,6-7H2,1-2H3,(H,18,22)(H,20,21). The molecule has 1 aliphatic rings. The summed E-state index contributed by atoms with van der Waals surface area (Å²) in [7, 11) is 0. The third kappa shape index (κ3) is 3.68. The summed E-state index contributed by atoms with van der Waals surface area (Å²) in [5.74, 6) is -1.81. The molecule has 0 aromatic heterocycles. The molecule has 0 radical (unpaired) electrons. The zero-order valence-corrected chi connectivity index (χ0v) is 13.2. The largest absolute Gasteiger partial charge is 0.481 e. The Morgan fingerprint density at radius 1 is 1.41 bits per heavy atom. The summed E-state index contributed by atoms with van der Waals surface area (Å²) >= 11 is 5.92. The van der Waals surface area contributed by atoms with Crippen LogP contribution in [0.15, 0.2) is 12.1 Å². The molecule has 0 saturated carbocycles. The number of piperidine rings is 1. The van der Waals surface area contributed by atoms with Crippen LogP contribution in [0, 0.1) is 24.6 Å². The normalized spacial score (nSPS) is 21.5. The van der Waals surface area contributed by atoms with Crippen molar-refractivity contribution < 1.29 is 19.1 Å². The second kappa shape index (κ2) is 6.52. The number of nitrogens with zero attached hydrogens (tertiary/aromatic N) is 1. The molecule has 2 rings (SSSR count). The lowest BCUT2D eigenvalue weighted by Crippen LogP contribution is -2.47. The van der Waals surface area contributed by atoms with Gasteiger partial charge in [-0.1, -0.05) is 18.5 Å². The minimum absolute atomic E-state index is 0.103. The molecule has 5 nitrogen and oxygen atoms in total. The second-order valence-electron chi connectivity index (χ2n) is 5.79. The predicted molar refractivity (Wildman–Crippen MR) is 81.6 cm³/mol. The summed E-state index contributed by atoms with van der Waals surface area (Å²) in [6.07, 6.45) is 0.551. The number of urea groups is 1. The van der Waals surface area contributed by atoms with Gasteiger partial charge in [-0.3, -0.25) is 4.79 Å². The number of likely N-dealkylation sites (tertiary alicyclic amines) is 1. The van der Waals surface area contributed by atoms with Gasteiger partial charge in [0.15, 0.2) is 0 Å². The fourth-order valence-corrected chi connectivity index (χ4v) is 2.84. The van der Waals surface area contributed by atoms with Crippen LogP contribution in [0.25, 0.3) is 0 Å². The highest BCUT2D eigenvalue weighted by molar-refractivity contribution is 6.33. The fraction of sp³-hybridized carbons (Fsp3) is 0.467. The van der Waals surface area contributed by atoms with E-state index in [4.69, 9.17) is 16.7 Å². The van der Waals surface area contributed by atoms with Crippen molar-refractivity contribution in [1.82, 2.24) is 4.90 Å². The average Bonchev–Trinajstić information content (AvgIpc) is 2.43. The van der Waals surface area contributed by atoms with Crippen molar-refractivity contribution in [1.29, 1.82) is 0 Å². The maximum absolute atomic E-state index is 13.4. The smallest absolute Gasteiger partial charge is 0.321 e. The number of aliphatic carboxylic acids is 1. The SMILES string of the molecule is Cc1cc(NC(=O)N2CC(C)CC(C(=O)O)C2)c(Cl)cc1F. The Morgan fingerprint density at radius 3 is 2.73 bits per heavy atom. The number of carbonyl (C=O) groups is 2. The zero-order valence-electron chi connectivity index (χ0n) is 12.4. The van der Waals surface area contributed by atoms with E-state index in [2.05, 4.69) is 5.32 Å². The van der Waals surface area contributed by atoms with Gasteiger partial charge in [-0.05, 0) is 37.0 Å². The molecule has 2 unspecified atom stereocenters. The molecule has 0 aliphatic carbocycles. The summed E-state index contributed by atoms with van der Waals surface area (Å²) in [6, 6.07) is 2.17. The summed E-state index contributed by atoms with van der Waals surface area (Å²) < 4.78 is 13.4. The molecule has 2 amide bonds. The molecule has 2 N–H and O–H groups in total. The Labute approximate surface area is 133 Å². The summed E-state index contributed by atoms with van der Waals surface area (Å²) in [4.78, 5) is 24.9. The lowest BCUT2D eigenvalue weighted by atomic mass is 9.91. The van der Waals surface area contributed by atoms with Crippen LogP contribution in [0.4, 0.5) is 14.9 Å². The van der Waals surface area contributed by atoms with Gasteiger partial charge in [0.05, 0.1) is 16.6 Å². The molecule has 1 aromatic carbocycles. The Bertz CT molecular complexity index is 609. The first-order valence-corrected chi connectivity index (χ1v) is 7.40. The van der Waals surface area contributed by atoms with Gasteiger partial charge in [0.2, 0.25) is 0 Å². The molecule has 0 bridgehead atoms. The molecule has 1 fully saturated rings. The summed E-state index contributed by atoms with van der Waals surface area (Å²) in [5, 5.41) is 11.9. The Kier molecular flexibility index (Phi) is 4.90. The molecular formula is C15H18ClFN2O3. The van der Waals surface area contributed by atoms with Gasteiger partial charge < -0.3 is 15.3 Å². The number of hydrogen-bond acceptors (Lipinski definition) is 2. The number of amides is 2. The van der Waals surface area contributed by atoms with Gasteiger partial charge >= 0.3 is 12.0 Å². The van der Waals surface area contributed by atoms with Crippen LogP contribution in [-0.2, 0) is 4.79 Å². The number of hydrogen-bond donors (Lipinski definition) is 2. The number of nitrogens with one attached hydrogen (secondary N) is 1. The molecule has 1 aliphatic heterocycles. The minimum atomic E-state index is -0.903. The van der Waals surface area contributed by atoms with Crippen molar-refractivity contribution in [2.24, 2.45) is 11.8 Å². The van der Waals surface area contributed by atoms with E-state index in [9.17, 15) is 14.0 Å². The number of anilines is 1. The first-order valence-electron chi connectivity index (χ1n) is 7.02. The molecule has 2 atom stereocenters. The van der Waals surface area contributed by atoms with E-state index in [0.717, 1.165) is 6.07 Å². The van der Waals surface area contributed by atoms with Gasteiger partial charge in [-0.15, -0.1) is 0 Å². The van der Waals surface area contributed by atoms with Crippen LogP contribution >= 0.6 is 11.6 Å². The van der Waals surface area contributed by atoms with Crippen LogP contribution in [0.2, 0.25) is 5.02 Å². The minimum Gasteiger partial charge on any atom is -0.481 e. The van der Waals surface area contributed by atoms with E-state index < -0.39 is 23.7 Å². The quantitative estimate of drug-likeness (QED) is 0.874. The van der Waals surface area contributed by atoms with E-state index in [1.54, 1.807) is 6.92 Å². The lowest BCUT2D eigenvalue weighted by Gasteiger charge is -2.34. The number of halogens is 2. The zero-order chi connectivity index (χ0) is 16.4. The molecule has 120 valence electrons. The van der Waals surface area contributed by atoms with Gasteiger partial charge in [0.25, 0.3) is 0 Å². The van der Waals surface area contributed by atoms with E-state index in [-0.39, 0.29) is 17.5 Å². The van der Waals surface area contributed by atoms with Crippen LogP contribution in [0.5, 0.6) is 0 Å². The number of carbonyl (C=O) groups excluding carboxylic acids is 1. The molecule has 7 heteroatoms. The van der Waals surface area contributed by atoms with Crippen molar-refractivity contribution in [3.8, 4) is 0 Å². The number of carboxylic acids is 1. The summed E-state index contributed by atoms with van der Waals surface area (Å²) in [5.41, 5.74) is 0.686. The van der Waals surface area contributed by atoms with E-state index in [0.29, 0.717) is 24.2 Å². The van der Waals surface area contributed by atoms with Crippen LogP contribution < -0.4 is 5.32 Å². The number of aryl methyl sites for hydroxylation is 1. The van der Waals surface area contributed by atoms with E-state index in [1.165, 1.54) is 11.0 Å². The average molecular weight is 329 g/mol. The van der Waals surface area contributed by atoms with Crippen molar-refractivity contribution in [2.75, 3.05) is 18.4 Å². The predicted octanol–water partition coefficient (Wildman–Crippen LogP) is 3.36. The lowest BCUT2D eigenvalue weighted by molar-refractivity contribution is -0.143. The Morgan fingerprint density at radius 2 is 2.09 bits per heavy atom. The van der Waals surface area contributed by atoms with Crippen LogP contribution in [0.3, 0.4) is 0 Å². The van der Waals surface area contributed by atoms with Crippen molar-refractivity contribution in [3.05, 3.63) is 28.5 Å². The maximum Gasteiger partial charge on any atom is 0.321 e. The first-order chi connectivity index (χ1) is 10.3. The number of carboxylic acid groups (broad SMARTS) is 1. The highest BCUT2D eigenvalue weighted by atomic mass is 35.5. The second-order valence-corrected chi connectivity index (χ2v) is 6.20. The highest BCUT2D eigenvalue weighted by Gasteiger charge is 2.32. The summed E-state index contributed by atoms with van der Waals surface area (Å²) in [6.45, 7) is 4.12. The first kappa shape index (κ1) is 16.5. The van der Waals surface area contributed by atoms with Crippen molar-refractivity contribution >= 4 is 29.3 Å². The Hall–Kier alpha value is -1.82. The maximum atomic E-state index is 13.4. The fourth-order valence-electron chi connectivity index (χ4n) is 2.64. The third-order valence-electron chi connectivity index (χ3n) is 3.79. The third-order valence-corrected chi connectivity index (χ3v) is 4.10. The van der Waals surface area contributed by atoms with E-state index >= 15 is 0 Å². The van der Waals surface area contributed by atoms with Gasteiger partial charge in [-0.2, -0.15) is 0 Å². The van der Waals surface area contributed by atoms with Gasteiger partial charge in [0, 0.05) is 13.1 Å². The Balaban J connectivity index is 2.11. The molecular weight excluding hydrogens is 311 g/mol. The molecule has 22 heavy (non-hydrogen) atoms. The number of rotatable bonds is 2. The molecule has 1 aromatic rings. The van der Waals surface area contributed by atoms with Gasteiger partial charge in [-0.25, -0.2) is 9.18 Å². The topological polar surface area (TPSA) is 69.6 Å². The van der Waals surface area contributed by atoms with Gasteiger partial charge in [0.1, 0.15) is 5.82 Å². The highest BCUT2D eigenvalue weighted by Crippen LogP contribution is 2.27. The van der Waals surface area contributed by atoms with Crippen LogP contribution in [0.1, 0.15) is 18.9 Å². The molecule has 1 saturated heterocycles. The van der Waals surface area contributed by atoms with E-state index in [1.807, 2.05) is 6.92 Å². The van der Waals surface area contributed by atoms with Crippen molar-refractivity contribution in [3.63, 3.8) is 0 Å². The number of benzene rings is 1. The van der Waals surface area contributed by atoms with Crippen LogP contribution in [-0.4, -0.2) is 35.1 Å².